The Balaban J connectivity index is 3.36. The molecule has 1 heterocycles. The Morgan fingerprint density at radius 2 is 2.06 bits per heavy atom. The first kappa shape index (κ1) is 14.5. The molecular formula is C10H18ClN3O2S. The van der Waals surface area contributed by atoms with E-state index in [0.29, 0.717) is 10.7 Å². The maximum atomic E-state index is 11.9. The SMILES string of the molecule is CNC(c1c(Cl)cnn1C)C(C)(C)S(C)(=O)=O. The number of hydrogen-bond donors (Lipinski definition) is 1. The van der Waals surface area contributed by atoms with Crippen molar-refractivity contribution in [2.24, 2.45) is 7.05 Å². The molecule has 0 aliphatic rings. The van der Waals surface area contributed by atoms with Crippen LogP contribution in [-0.4, -0.2) is 36.2 Å². The molecule has 1 rings (SSSR count). The number of nitrogens with one attached hydrogen (secondary N) is 1. The lowest BCUT2D eigenvalue weighted by Gasteiger charge is -2.32. The molecule has 1 N–H and O–H groups in total. The largest absolute Gasteiger partial charge is 0.310 e. The van der Waals surface area contributed by atoms with Gasteiger partial charge in [0.25, 0.3) is 0 Å². The van der Waals surface area contributed by atoms with Crippen LogP contribution in [0.15, 0.2) is 6.20 Å². The summed E-state index contributed by atoms with van der Waals surface area (Å²) < 4.78 is 24.3. The molecule has 0 spiro atoms. The monoisotopic (exact) mass is 279 g/mol. The lowest BCUT2D eigenvalue weighted by molar-refractivity contribution is 0.424. The molecule has 0 aromatic carbocycles. The van der Waals surface area contributed by atoms with Crippen LogP contribution in [0.2, 0.25) is 5.02 Å². The summed E-state index contributed by atoms with van der Waals surface area (Å²) in [5.74, 6) is 0. The van der Waals surface area contributed by atoms with Gasteiger partial charge in [-0.2, -0.15) is 5.10 Å². The van der Waals surface area contributed by atoms with Gasteiger partial charge in [-0.15, -0.1) is 0 Å². The maximum Gasteiger partial charge on any atom is 0.154 e. The second kappa shape index (κ2) is 4.59. The minimum atomic E-state index is -3.24. The molecule has 0 bridgehead atoms. The van der Waals surface area contributed by atoms with Crippen molar-refractivity contribution in [3.63, 3.8) is 0 Å². The van der Waals surface area contributed by atoms with Gasteiger partial charge < -0.3 is 5.32 Å². The van der Waals surface area contributed by atoms with Crippen molar-refractivity contribution in [1.29, 1.82) is 0 Å². The van der Waals surface area contributed by atoms with E-state index >= 15 is 0 Å². The van der Waals surface area contributed by atoms with Crippen LogP contribution in [0, 0.1) is 0 Å². The highest BCUT2D eigenvalue weighted by Gasteiger charge is 2.41. The van der Waals surface area contributed by atoms with Gasteiger partial charge in [0.1, 0.15) is 0 Å². The highest BCUT2D eigenvalue weighted by Crippen LogP contribution is 2.34. The Morgan fingerprint density at radius 1 is 1.53 bits per heavy atom. The molecule has 0 fully saturated rings. The van der Waals surface area contributed by atoms with Crippen molar-refractivity contribution >= 4 is 21.4 Å². The Hall–Kier alpha value is -0.590. The summed E-state index contributed by atoms with van der Waals surface area (Å²) in [6.45, 7) is 3.35. The van der Waals surface area contributed by atoms with E-state index in [4.69, 9.17) is 11.6 Å². The molecule has 0 amide bonds. The average molecular weight is 280 g/mol. The van der Waals surface area contributed by atoms with Gasteiger partial charge in [0.05, 0.1) is 27.7 Å². The molecule has 7 heteroatoms. The maximum absolute atomic E-state index is 11.9. The molecule has 17 heavy (non-hydrogen) atoms. The van der Waals surface area contributed by atoms with E-state index in [1.54, 1.807) is 32.6 Å². The van der Waals surface area contributed by atoms with E-state index < -0.39 is 20.6 Å². The standard InChI is InChI=1S/C10H18ClN3O2S/c1-10(2,17(5,15)16)9(12-3)8-7(11)6-13-14(8)4/h6,9,12H,1-5H3. The number of rotatable bonds is 4. The molecule has 0 aliphatic heterocycles. The smallest absolute Gasteiger partial charge is 0.154 e. The van der Waals surface area contributed by atoms with Crippen LogP contribution in [0.5, 0.6) is 0 Å². The first-order valence-electron chi connectivity index (χ1n) is 5.17. The predicted molar refractivity (Wildman–Crippen MR) is 68.9 cm³/mol. The molecule has 1 aromatic rings. The van der Waals surface area contributed by atoms with E-state index in [-0.39, 0.29) is 0 Å². The lowest BCUT2D eigenvalue weighted by atomic mass is 10.00. The van der Waals surface area contributed by atoms with Crippen molar-refractivity contribution in [2.45, 2.75) is 24.6 Å². The highest BCUT2D eigenvalue weighted by atomic mass is 35.5. The molecule has 0 radical (unpaired) electrons. The summed E-state index contributed by atoms with van der Waals surface area (Å²) in [7, 11) is 0.214. The molecular weight excluding hydrogens is 262 g/mol. The minimum absolute atomic E-state index is 0.419. The average Bonchev–Trinajstić information content (AvgIpc) is 2.48. The molecule has 1 aromatic heterocycles. The summed E-state index contributed by atoms with van der Waals surface area (Å²) in [5, 5.41) is 7.50. The molecule has 5 nitrogen and oxygen atoms in total. The van der Waals surface area contributed by atoms with E-state index in [1.807, 2.05) is 0 Å². The van der Waals surface area contributed by atoms with Crippen molar-refractivity contribution in [3.8, 4) is 0 Å². The van der Waals surface area contributed by atoms with Crippen LogP contribution in [0.3, 0.4) is 0 Å². The zero-order valence-corrected chi connectivity index (χ0v) is 12.2. The molecule has 0 aliphatic carbocycles. The zero-order valence-electron chi connectivity index (χ0n) is 10.7. The quantitative estimate of drug-likeness (QED) is 0.898. The van der Waals surface area contributed by atoms with Crippen molar-refractivity contribution < 1.29 is 8.42 Å². The van der Waals surface area contributed by atoms with E-state index in [9.17, 15) is 8.42 Å². The van der Waals surface area contributed by atoms with Crippen LogP contribution in [0.25, 0.3) is 0 Å². The second-order valence-corrected chi connectivity index (χ2v) is 7.60. The van der Waals surface area contributed by atoms with Gasteiger partial charge in [-0.3, -0.25) is 4.68 Å². The Morgan fingerprint density at radius 3 is 2.35 bits per heavy atom. The Labute approximate surface area is 107 Å². The number of aryl methyl sites for hydroxylation is 1. The van der Waals surface area contributed by atoms with Crippen LogP contribution in [-0.2, 0) is 16.9 Å². The molecule has 0 saturated heterocycles. The zero-order chi connectivity index (χ0) is 13.4. The van der Waals surface area contributed by atoms with Crippen LogP contribution in [0.1, 0.15) is 25.6 Å². The third-order valence-corrected chi connectivity index (χ3v) is 5.59. The number of sulfone groups is 1. The molecule has 1 unspecified atom stereocenters. The molecule has 0 saturated carbocycles. The summed E-state index contributed by atoms with van der Waals surface area (Å²) in [6, 6.07) is -0.419. The van der Waals surface area contributed by atoms with Gasteiger partial charge in [-0.05, 0) is 20.9 Å². The number of aromatic nitrogens is 2. The number of halogens is 1. The summed E-state index contributed by atoms with van der Waals surface area (Å²) in [6.07, 6.45) is 2.74. The van der Waals surface area contributed by atoms with E-state index in [0.717, 1.165) is 0 Å². The fraction of sp³-hybridized carbons (Fsp3) is 0.700. The van der Waals surface area contributed by atoms with Gasteiger partial charge >= 0.3 is 0 Å². The Kier molecular flexibility index (Phi) is 3.91. The van der Waals surface area contributed by atoms with Crippen molar-refractivity contribution in [1.82, 2.24) is 15.1 Å². The number of nitrogens with zero attached hydrogens (tertiary/aromatic N) is 2. The van der Waals surface area contributed by atoms with Gasteiger partial charge in [0.2, 0.25) is 0 Å². The van der Waals surface area contributed by atoms with E-state index in [2.05, 4.69) is 10.4 Å². The number of hydrogen-bond acceptors (Lipinski definition) is 4. The van der Waals surface area contributed by atoms with Gasteiger partial charge in [-0.25, -0.2) is 8.42 Å². The van der Waals surface area contributed by atoms with Crippen LogP contribution < -0.4 is 5.32 Å². The fourth-order valence-corrected chi connectivity index (χ4v) is 2.71. The van der Waals surface area contributed by atoms with Crippen LogP contribution >= 0.6 is 11.6 Å². The summed E-state index contributed by atoms with van der Waals surface area (Å²) in [4.78, 5) is 0. The second-order valence-electron chi connectivity index (χ2n) is 4.60. The van der Waals surface area contributed by atoms with E-state index in [1.165, 1.54) is 12.5 Å². The topological polar surface area (TPSA) is 64.0 Å². The third-order valence-electron chi connectivity index (χ3n) is 3.15. The van der Waals surface area contributed by atoms with Gasteiger partial charge in [-0.1, -0.05) is 11.6 Å². The lowest BCUT2D eigenvalue weighted by Crippen LogP contribution is -2.44. The van der Waals surface area contributed by atoms with Crippen LogP contribution in [0.4, 0.5) is 0 Å². The predicted octanol–water partition coefficient (Wildman–Crippen LogP) is 1.16. The highest BCUT2D eigenvalue weighted by molar-refractivity contribution is 7.92. The third kappa shape index (κ3) is 2.48. The summed E-state index contributed by atoms with van der Waals surface area (Å²) in [5.41, 5.74) is 0.671. The fourth-order valence-electron chi connectivity index (χ4n) is 1.77. The van der Waals surface area contributed by atoms with Gasteiger partial charge in [0.15, 0.2) is 9.84 Å². The van der Waals surface area contributed by atoms with Crippen molar-refractivity contribution in [2.75, 3.05) is 13.3 Å². The Bertz CT molecular complexity index is 488. The first-order chi connectivity index (χ1) is 7.63. The minimum Gasteiger partial charge on any atom is -0.310 e. The normalized spacial score (nSPS) is 14.9. The van der Waals surface area contributed by atoms with Crippen molar-refractivity contribution in [3.05, 3.63) is 16.9 Å². The summed E-state index contributed by atoms with van der Waals surface area (Å²) >= 11 is 6.06. The first-order valence-corrected chi connectivity index (χ1v) is 7.44. The van der Waals surface area contributed by atoms with Gasteiger partial charge in [0, 0.05) is 13.3 Å². The molecule has 1 atom stereocenters. The molecule has 98 valence electrons.